The summed E-state index contributed by atoms with van der Waals surface area (Å²) in [6, 6.07) is 1.99. The maximum absolute atomic E-state index is 12.9. The molecule has 0 saturated carbocycles. The highest BCUT2D eigenvalue weighted by molar-refractivity contribution is 9.10. The van der Waals surface area contributed by atoms with Crippen molar-refractivity contribution in [3.05, 3.63) is 33.7 Å². The summed E-state index contributed by atoms with van der Waals surface area (Å²) in [5, 5.41) is 0. The van der Waals surface area contributed by atoms with Crippen molar-refractivity contribution >= 4 is 33.4 Å². The Hall–Kier alpha value is -1.89. The molecule has 7 heteroatoms. The molecule has 1 aliphatic rings. The summed E-state index contributed by atoms with van der Waals surface area (Å²) in [6.45, 7) is 7.68. The van der Waals surface area contributed by atoms with E-state index in [1.54, 1.807) is 16.7 Å². The third kappa shape index (κ3) is 2.85. The second-order valence-corrected chi connectivity index (χ2v) is 6.76. The Balaban J connectivity index is 1.93. The number of hydrogen-bond acceptors (Lipinski definition) is 3. The van der Waals surface area contributed by atoms with Crippen molar-refractivity contribution in [2.24, 2.45) is 0 Å². The van der Waals surface area contributed by atoms with Crippen molar-refractivity contribution in [3.63, 3.8) is 0 Å². The van der Waals surface area contributed by atoms with Crippen LogP contribution in [0.15, 0.2) is 16.7 Å². The molecule has 0 aromatic carbocycles. The second kappa shape index (κ2) is 5.96. The van der Waals surface area contributed by atoms with Crippen LogP contribution in [0.2, 0.25) is 0 Å². The quantitative estimate of drug-likeness (QED) is 0.762. The normalized spacial score (nSPS) is 15.3. The number of aromatic nitrogens is 2. The van der Waals surface area contributed by atoms with Crippen LogP contribution >= 0.6 is 15.9 Å². The lowest BCUT2D eigenvalue weighted by Gasteiger charge is -2.34. The molecule has 0 radical (unpaired) electrons. The van der Waals surface area contributed by atoms with Gasteiger partial charge in [-0.25, -0.2) is 4.98 Å². The van der Waals surface area contributed by atoms with Crippen LogP contribution in [0.4, 0.5) is 0 Å². The number of fused-ring (bicyclic) bond motifs is 1. The van der Waals surface area contributed by atoms with Crippen molar-refractivity contribution in [3.8, 4) is 0 Å². The van der Waals surface area contributed by atoms with Gasteiger partial charge in [-0.2, -0.15) is 0 Å². The number of aryl methyl sites for hydroxylation is 2. The Morgan fingerprint density at radius 1 is 1.13 bits per heavy atom. The Labute approximate surface area is 143 Å². The number of rotatable bonds is 1. The van der Waals surface area contributed by atoms with E-state index >= 15 is 0 Å². The summed E-state index contributed by atoms with van der Waals surface area (Å²) >= 11 is 3.51. The zero-order valence-electron chi connectivity index (χ0n) is 13.5. The lowest BCUT2D eigenvalue weighted by Crippen LogP contribution is -2.50. The molecule has 1 aliphatic heterocycles. The molecule has 0 bridgehead atoms. The number of halogens is 1. The van der Waals surface area contributed by atoms with E-state index in [9.17, 15) is 9.59 Å². The standard InChI is InChI=1S/C16H19BrN4O2/c1-10-8-13(17)15-18-11(2)14(21(15)9-10)16(23)20-6-4-19(5-7-20)12(3)22/h8-9H,4-7H2,1-3H3. The van der Waals surface area contributed by atoms with Gasteiger partial charge in [-0.05, 0) is 41.4 Å². The van der Waals surface area contributed by atoms with Gasteiger partial charge in [0.15, 0.2) is 5.65 Å². The molecule has 0 spiro atoms. The van der Waals surface area contributed by atoms with Gasteiger partial charge in [0, 0.05) is 39.3 Å². The third-order valence-corrected chi connectivity index (χ3v) is 4.78. The SMILES string of the molecule is CC(=O)N1CCN(C(=O)c2c(C)nc3c(Br)cc(C)cn23)CC1. The first kappa shape index (κ1) is 16.0. The summed E-state index contributed by atoms with van der Waals surface area (Å²) in [5.74, 6) is 0.0262. The number of amides is 2. The topological polar surface area (TPSA) is 57.9 Å². The van der Waals surface area contributed by atoms with Crippen molar-refractivity contribution in [1.29, 1.82) is 0 Å². The van der Waals surface area contributed by atoms with Gasteiger partial charge in [0.25, 0.3) is 5.91 Å². The number of carbonyl (C=O) groups excluding carboxylic acids is 2. The van der Waals surface area contributed by atoms with Crippen LogP contribution in [0.1, 0.15) is 28.7 Å². The van der Waals surface area contributed by atoms with E-state index in [0.29, 0.717) is 31.9 Å². The minimum atomic E-state index is -0.0318. The van der Waals surface area contributed by atoms with Crippen molar-refractivity contribution in [2.45, 2.75) is 20.8 Å². The van der Waals surface area contributed by atoms with Gasteiger partial charge < -0.3 is 9.80 Å². The van der Waals surface area contributed by atoms with E-state index in [1.165, 1.54) is 0 Å². The molecular formula is C16H19BrN4O2. The molecule has 3 rings (SSSR count). The lowest BCUT2D eigenvalue weighted by atomic mass is 10.2. The predicted molar refractivity (Wildman–Crippen MR) is 90.5 cm³/mol. The molecule has 1 fully saturated rings. The van der Waals surface area contributed by atoms with Crippen LogP contribution in [0.25, 0.3) is 5.65 Å². The van der Waals surface area contributed by atoms with E-state index in [-0.39, 0.29) is 11.8 Å². The van der Waals surface area contributed by atoms with Crippen LogP contribution in [-0.2, 0) is 4.79 Å². The van der Waals surface area contributed by atoms with Crippen molar-refractivity contribution in [2.75, 3.05) is 26.2 Å². The third-order valence-electron chi connectivity index (χ3n) is 4.20. The van der Waals surface area contributed by atoms with Gasteiger partial charge in [-0.1, -0.05) is 0 Å². The lowest BCUT2D eigenvalue weighted by molar-refractivity contribution is -0.130. The summed E-state index contributed by atoms with van der Waals surface area (Å²) in [7, 11) is 0. The second-order valence-electron chi connectivity index (χ2n) is 5.90. The molecule has 2 aromatic heterocycles. The number of nitrogens with zero attached hydrogens (tertiary/aromatic N) is 4. The number of piperazine rings is 1. The Morgan fingerprint density at radius 3 is 2.35 bits per heavy atom. The van der Waals surface area contributed by atoms with Crippen LogP contribution in [0.5, 0.6) is 0 Å². The first-order valence-electron chi connectivity index (χ1n) is 7.58. The molecular weight excluding hydrogens is 360 g/mol. The largest absolute Gasteiger partial charge is 0.339 e. The highest BCUT2D eigenvalue weighted by Crippen LogP contribution is 2.23. The molecule has 23 heavy (non-hydrogen) atoms. The number of hydrogen-bond donors (Lipinski definition) is 0. The van der Waals surface area contributed by atoms with E-state index in [0.717, 1.165) is 21.4 Å². The first-order chi connectivity index (χ1) is 10.9. The molecule has 0 aliphatic carbocycles. The van der Waals surface area contributed by atoms with Gasteiger partial charge in [0.1, 0.15) is 5.69 Å². The van der Waals surface area contributed by atoms with Gasteiger partial charge in [0.2, 0.25) is 5.91 Å². The molecule has 0 atom stereocenters. The van der Waals surface area contributed by atoms with E-state index < -0.39 is 0 Å². The molecule has 0 N–H and O–H groups in total. The molecule has 2 aromatic rings. The van der Waals surface area contributed by atoms with Crippen LogP contribution in [-0.4, -0.2) is 57.2 Å². The molecule has 0 unspecified atom stereocenters. The van der Waals surface area contributed by atoms with Crippen LogP contribution < -0.4 is 0 Å². The molecule has 2 amide bonds. The molecule has 122 valence electrons. The number of imidazole rings is 1. The minimum absolute atomic E-state index is 0.0318. The zero-order chi connectivity index (χ0) is 16.7. The fraction of sp³-hybridized carbons (Fsp3) is 0.438. The number of pyridine rings is 1. The average molecular weight is 379 g/mol. The van der Waals surface area contributed by atoms with Crippen LogP contribution in [0, 0.1) is 13.8 Å². The summed E-state index contributed by atoms with van der Waals surface area (Å²) in [5.41, 5.74) is 3.12. The predicted octanol–water partition coefficient (Wildman–Crippen LogP) is 2.02. The summed E-state index contributed by atoms with van der Waals surface area (Å²) < 4.78 is 2.73. The maximum atomic E-state index is 12.9. The van der Waals surface area contributed by atoms with Gasteiger partial charge in [0.05, 0.1) is 10.2 Å². The smallest absolute Gasteiger partial charge is 0.272 e. The van der Waals surface area contributed by atoms with E-state index in [2.05, 4.69) is 20.9 Å². The molecule has 6 nitrogen and oxygen atoms in total. The maximum Gasteiger partial charge on any atom is 0.272 e. The fourth-order valence-corrected chi connectivity index (χ4v) is 3.62. The first-order valence-corrected chi connectivity index (χ1v) is 8.37. The van der Waals surface area contributed by atoms with Gasteiger partial charge >= 0.3 is 0 Å². The van der Waals surface area contributed by atoms with Gasteiger partial charge in [-0.3, -0.25) is 14.0 Å². The van der Waals surface area contributed by atoms with Gasteiger partial charge in [-0.15, -0.1) is 0 Å². The average Bonchev–Trinajstić information content (AvgIpc) is 2.83. The fourth-order valence-electron chi connectivity index (χ4n) is 2.98. The summed E-state index contributed by atoms with van der Waals surface area (Å²) in [6.07, 6.45) is 1.93. The molecule has 1 saturated heterocycles. The number of carbonyl (C=O) groups is 2. The highest BCUT2D eigenvalue weighted by atomic mass is 79.9. The zero-order valence-corrected chi connectivity index (χ0v) is 15.1. The van der Waals surface area contributed by atoms with Crippen molar-refractivity contribution in [1.82, 2.24) is 19.2 Å². The Morgan fingerprint density at radius 2 is 1.74 bits per heavy atom. The van der Waals surface area contributed by atoms with Crippen LogP contribution in [0.3, 0.4) is 0 Å². The van der Waals surface area contributed by atoms with Crippen molar-refractivity contribution < 1.29 is 9.59 Å². The molecule has 3 heterocycles. The summed E-state index contributed by atoms with van der Waals surface area (Å²) in [4.78, 5) is 32.4. The highest BCUT2D eigenvalue weighted by Gasteiger charge is 2.27. The van der Waals surface area contributed by atoms with E-state index in [4.69, 9.17) is 0 Å². The Bertz CT molecular complexity index is 791. The van der Waals surface area contributed by atoms with E-state index in [1.807, 2.05) is 30.5 Å². The monoisotopic (exact) mass is 378 g/mol. The Kier molecular flexibility index (Phi) is 4.14. The minimum Gasteiger partial charge on any atom is -0.339 e.